The van der Waals surface area contributed by atoms with Crippen LogP contribution in [0.1, 0.15) is 12.0 Å². The maximum absolute atomic E-state index is 13.0. The Bertz CT molecular complexity index is 1150. The molecule has 4 rings (SSSR count). The molecule has 2 aromatic rings. The lowest BCUT2D eigenvalue weighted by Crippen LogP contribution is -2.44. The van der Waals surface area contributed by atoms with Gasteiger partial charge < -0.3 is 24.6 Å². The summed E-state index contributed by atoms with van der Waals surface area (Å²) in [6.45, 7) is 6.65. The van der Waals surface area contributed by atoms with Crippen LogP contribution < -0.4 is 19.7 Å². The predicted octanol–water partition coefficient (Wildman–Crippen LogP) is 2.17. The lowest BCUT2D eigenvalue weighted by atomic mass is 10.1. The van der Waals surface area contributed by atoms with Gasteiger partial charge >= 0.3 is 0 Å². The van der Waals surface area contributed by atoms with Crippen molar-refractivity contribution in [3.63, 3.8) is 0 Å². The molecule has 2 aliphatic heterocycles. The van der Waals surface area contributed by atoms with Crippen molar-refractivity contribution in [2.45, 2.75) is 18.2 Å². The van der Waals surface area contributed by atoms with Crippen LogP contribution in [0.15, 0.2) is 41.3 Å². The quantitative estimate of drug-likeness (QED) is 0.666. The largest absolute Gasteiger partial charge is 0.490 e. The minimum absolute atomic E-state index is 0.0550. The van der Waals surface area contributed by atoms with Gasteiger partial charge in [-0.15, -0.1) is 0 Å². The van der Waals surface area contributed by atoms with Gasteiger partial charge in [0.1, 0.15) is 0 Å². The Labute approximate surface area is 201 Å². The summed E-state index contributed by atoms with van der Waals surface area (Å²) in [5.41, 5.74) is 2.86. The molecule has 0 radical (unpaired) electrons. The van der Waals surface area contributed by atoms with Crippen molar-refractivity contribution in [2.75, 3.05) is 70.2 Å². The molecule has 184 valence electrons. The Morgan fingerprint density at radius 2 is 1.74 bits per heavy atom. The van der Waals surface area contributed by atoms with Crippen LogP contribution in [0.2, 0.25) is 0 Å². The maximum atomic E-state index is 13.0. The van der Waals surface area contributed by atoms with Crippen molar-refractivity contribution in [3.05, 3.63) is 42.0 Å². The molecule has 1 amide bonds. The minimum Gasteiger partial charge on any atom is -0.490 e. The van der Waals surface area contributed by atoms with E-state index in [1.807, 2.05) is 25.1 Å². The first-order chi connectivity index (χ1) is 16.2. The van der Waals surface area contributed by atoms with Crippen molar-refractivity contribution in [1.82, 2.24) is 9.21 Å². The number of carbonyl (C=O) groups excluding carboxylic acids is 1. The number of hydrogen-bond donors (Lipinski definition) is 1. The molecule has 1 saturated heterocycles. The summed E-state index contributed by atoms with van der Waals surface area (Å²) < 4.78 is 38.3. The van der Waals surface area contributed by atoms with E-state index in [0.29, 0.717) is 30.4 Å². The number of rotatable bonds is 6. The molecule has 0 aliphatic carbocycles. The van der Waals surface area contributed by atoms with Gasteiger partial charge in [-0.25, -0.2) is 8.42 Å². The number of fused-ring (bicyclic) bond motifs is 1. The molecule has 0 spiro atoms. The molecule has 0 bridgehead atoms. The van der Waals surface area contributed by atoms with Crippen LogP contribution >= 0.6 is 0 Å². The first kappa shape index (κ1) is 24.3. The number of nitrogens with zero attached hydrogens (tertiary/aromatic N) is 3. The molecule has 0 unspecified atom stereocenters. The highest BCUT2D eigenvalue weighted by molar-refractivity contribution is 7.89. The summed E-state index contributed by atoms with van der Waals surface area (Å²) in [6.07, 6.45) is 0.729. The third-order valence-corrected chi connectivity index (χ3v) is 7.92. The molecule has 34 heavy (non-hydrogen) atoms. The van der Waals surface area contributed by atoms with Gasteiger partial charge in [-0.2, -0.15) is 4.31 Å². The van der Waals surface area contributed by atoms with Gasteiger partial charge in [0, 0.05) is 57.1 Å². The highest BCUT2D eigenvalue weighted by atomic mass is 32.2. The summed E-state index contributed by atoms with van der Waals surface area (Å²) in [7, 11) is -0.371. The van der Waals surface area contributed by atoms with Gasteiger partial charge in [0.25, 0.3) is 0 Å². The van der Waals surface area contributed by atoms with Crippen LogP contribution in [-0.4, -0.2) is 83.6 Å². The zero-order valence-electron chi connectivity index (χ0n) is 19.9. The monoisotopic (exact) mass is 488 g/mol. The smallest absolute Gasteiger partial charge is 0.243 e. The number of aryl methyl sites for hydroxylation is 1. The predicted molar refractivity (Wildman–Crippen MR) is 131 cm³/mol. The van der Waals surface area contributed by atoms with Gasteiger partial charge in [-0.1, -0.05) is 0 Å². The van der Waals surface area contributed by atoms with Crippen molar-refractivity contribution in [3.8, 4) is 11.5 Å². The SMILES string of the molecule is Cc1cc(NC(=O)CN(C)S(=O)(=O)c2ccc3c(c2)OCCCO3)ccc1N1CCN(C)CC1. The average Bonchev–Trinajstić information content (AvgIpc) is 3.05. The van der Waals surface area contributed by atoms with Crippen molar-refractivity contribution in [1.29, 1.82) is 0 Å². The molecule has 1 N–H and O–H groups in total. The number of anilines is 2. The summed E-state index contributed by atoms with van der Waals surface area (Å²) in [5, 5.41) is 2.82. The molecule has 2 aliphatic rings. The Hall–Kier alpha value is -2.82. The molecule has 2 aromatic carbocycles. The van der Waals surface area contributed by atoms with Crippen LogP contribution in [0, 0.1) is 6.92 Å². The summed E-state index contributed by atoms with van der Waals surface area (Å²) in [5.74, 6) is 0.506. The first-order valence-corrected chi connectivity index (χ1v) is 12.9. The average molecular weight is 489 g/mol. The van der Waals surface area contributed by atoms with Crippen molar-refractivity contribution in [2.24, 2.45) is 0 Å². The van der Waals surface area contributed by atoms with Gasteiger partial charge in [0.05, 0.1) is 24.7 Å². The summed E-state index contributed by atoms with van der Waals surface area (Å²) >= 11 is 0. The number of ether oxygens (including phenoxy) is 2. The summed E-state index contributed by atoms with van der Waals surface area (Å²) in [6, 6.07) is 10.3. The molecular weight excluding hydrogens is 456 g/mol. The number of amides is 1. The number of carbonyl (C=O) groups is 1. The number of nitrogens with one attached hydrogen (secondary N) is 1. The standard InChI is InChI=1S/C24H32N4O5S/c1-18-15-19(5-7-21(18)28-11-9-26(2)10-12-28)25-24(29)17-27(3)34(30,31)20-6-8-22-23(16-20)33-14-4-13-32-22/h5-8,15-16H,4,9-14,17H2,1-3H3,(H,25,29). The van der Waals surface area contributed by atoms with E-state index in [4.69, 9.17) is 9.47 Å². The Morgan fingerprint density at radius 1 is 1.03 bits per heavy atom. The highest BCUT2D eigenvalue weighted by Crippen LogP contribution is 2.32. The second-order valence-corrected chi connectivity index (χ2v) is 10.8. The van der Waals surface area contributed by atoms with E-state index in [-0.39, 0.29) is 11.4 Å². The maximum Gasteiger partial charge on any atom is 0.243 e. The number of hydrogen-bond acceptors (Lipinski definition) is 7. The third-order valence-electron chi connectivity index (χ3n) is 6.12. The Kier molecular flexibility index (Phi) is 7.30. The second kappa shape index (κ2) is 10.2. The van der Waals surface area contributed by atoms with Gasteiger partial charge in [0.15, 0.2) is 11.5 Å². The first-order valence-electron chi connectivity index (χ1n) is 11.4. The lowest BCUT2D eigenvalue weighted by molar-refractivity contribution is -0.116. The lowest BCUT2D eigenvalue weighted by Gasteiger charge is -2.35. The summed E-state index contributed by atoms with van der Waals surface area (Å²) in [4.78, 5) is 17.3. The van der Waals surface area contributed by atoms with E-state index in [2.05, 4.69) is 22.2 Å². The molecule has 1 fully saturated rings. The fourth-order valence-corrected chi connectivity index (χ4v) is 5.25. The van der Waals surface area contributed by atoms with Crippen molar-refractivity contribution >= 4 is 27.3 Å². The van der Waals surface area contributed by atoms with Gasteiger partial charge in [0.2, 0.25) is 15.9 Å². The fourth-order valence-electron chi connectivity index (χ4n) is 4.11. The van der Waals surface area contributed by atoms with Gasteiger partial charge in [-0.05, 0) is 49.9 Å². The zero-order chi connectivity index (χ0) is 24.3. The van der Waals surface area contributed by atoms with Crippen LogP contribution in [-0.2, 0) is 14.8 Å². The molecule has 2 heterocycles. The fraction of sp³-hybridized carbons (Fsp3) is 0.458. The van der Waals surface area contributed by atoms with E-state index in [0.717, 1.165) is 48.2 Å². The molecule has 10 heteroatoms. The van der Waals surface area contributed by atoms with Crippen LogP contribution in [0.3, 0.4) is 0 Å². The number of benzene rings is 2. The van der Waals surface area contributed by atoms with E-state index in [9.17, 15) is 13.2 Å². The molecule has 0 saturated carbocycles. The van der Waals surface area contributed by atoms with Crippen LogP contribution in [0.4, 0.5) is 11.4 Å². The number of likely N-dealkylation sites (N-methyl/N-ethyl adjacent to an activating group) is 2. The Morgan fingerprint density at radius 3 is 2.44 bits per heavy atom. The van der Waals surface area contributed by atoms with Gasteiger partial charge in [-0.3, -0.25) is 4.79 Å². The second-order valence-electron chi connectivity index (χ2n) is 8.76. The minimum atomic E-state index is -3.88. The van der Waals surface area contributed by atoms with E-state index < -0.39 is 15.9 Å². The third kappa shape index (κ3) is 5.45. The topological polar surface area (TPSA) is 91.4 Å². The molecule has 9 nitrogen and oxygen atoms in total. The molecule has 0 atom stereocenters. The number of sulfonamides is 1. The van der Waals surface area contributed by atoms with E-state index in [1.54, 1.807) is 6.07 Å². The zero-order valence-corrected chi connectivity index (χ0v) is 20.7. The van der Waals surface area contributed by atoms with E-state index in [1.165, 1.54) is 19.2 Å². The molecular formula is C24H32N4O5S. The van der Waals surface area contributed by atoms with E-state index >= 15 is 0 Å². The number of piperazine rings is 1. The normalized spacial score (nSPS) is 16.9. The van der Waals surface area contributed by atoms with Crippen molar-refractivity contribution < 1.29 is 22.7 Å². The van der Waals surface area contributed by atoms with Crippen LogP contribution in [0.25, 0.3) is 0 Å². The Balaban J connectivity index is 1.39. The van der Waals surface area contributed by atoms with Crippen LogP contribution in [0.5, 0.6) is 11.5 Å². The highest BCUT2D eigenvalue weighted by Gasteiger charge is 2.25. The molecule has 0 aromatic heterocycles.